The van der Waals surface area contributed by atoms with E-state index >= 15 is 0 Å². The van der Waals surface area contributed by atoms with Crippen molar-refractivity contribution in [2.24, 2.45) is 28.2 Å². The topological polar surface area (TPSA) is 120 Å². The Morgan fingerprint density at radius 2 is 0.557 bits per heavy atom. The Morgan fingerprint density at radius 1 is 0.243 bits per heavy atom. The second-order valence-electron chi connectivity index (χ2n) is 28.7. The predicted molar refractivity (Wildman–Crippen MR) is 438 cm³/mol. The summed E-state index contributed by atoms with van der Waals surface area (Å²) in [6.07, 6.45) is 8.06. The van der Waals surface area contributed by atoms with Crippen LogP contribution in [-0.4, -0.2) is 19.9 Å². The average Bonchev–Trinajstić information content (AvgIpc) is 1.63. The molecule has 20 aromatic rings. The first-order chi connectivity index (χ1) is 55.7. The second-order valence-corrected chi connectivity index (χ2v) is 28.7. The molecule has 12 nitrogen and oxygen atoms in total. The number of aromatic nitrogens is 8. The molecule has 0 bridgehead atoms. The van der Waals surface area contributed by atoms with Crippen LogP contribution in [0.4, 0.5) is 26.3 Å². The van der Waals surface area contributed by atoms with Crippen LogP contribution in [0.25, 0.3) is 178 Å². The highest BCUT2D eigenvalue weighted by Crippen LogP contribution is 2.44. The van der Waals surface area contributed by atoms with Crippen molar-refractivity contribution in [3.8, 4) is 89.5 Å². The van der Waals surface area contributed by atoms with Crippen LogP contribution in [0.5, 0.6) is 0 Å². The van der Waals surface area contributed by atoms with E-state index in [0.717, 1.165) is 151 Å². The van der Waals surface area contributed by atoms with Gasteiger partial charge in [0, 0.05) is 81.5 Å². The van der Waals surface area contributed by atoms with Crippen molar-refractivity contribution in [1.82, 2.24) is 19.9 Å². The first kappa shape index (κ1) is 73.5. The summed E-state index contributed by atoms with van der Waals surface area (Å²) in [5.41, 5.74) is 24.4. The molecule has 18 heteroatoms. The van der Waals surface area contributed by atoms with Gasteiger partial charge in [0.25, 0.3) is 0 Å². The predicted octanol–water partition coefficient (Wildman–Crippen LogP) is 22.9. The number of pyridine rings is 8. The molecule has 0 N–H and O–H groups in total. The molecule has 0 aliphatic rings. The van der Waals surface area contributed by atoms with E-state index in [2.05, 4.69) is 159 Å². The number of furan rings is 4. The maximum Gasteiger partial charge on any atom is 0.232 e. The Kier molecular flexibility index (Phi) is 19.2. The normalized spacial score (nSPS) is 11.4. The highest BCUT2D eigenvalue weighted by Gasteiger charge is 2.29. The molecule has 12 heterocycles. The molecule has 0 atom stereocenters. The minimum absolute atomic E-state index is 0.0359. The van der Waals surface area contributed by atoms with E-state index in [4.69, 9.17) is 17.7 Å². The Labute approximate surface area is 656 Å². The summed E-state index contributed by atoms with van der Waals surface area (Å²) in [4.78, 5) is 15.4. The molecule has 0 fully saturated rings. The standard InChI is InChI=1S/C25H20FN2O.2C24H17F2N2O.C24H18FN2O/c1-15-4-7-17(8-5-15)18-12-13-28(3)21(14-18)23-16(2)6-9-19-20-10-11-22(26)27-25(20)29-24(19)23;1-14-12-18(25)22-17-8-9-20(26)27-24(17)29-23(22)21(14)19-13-16(10-11-28(19)2)15-6-4-3-5-7-15;1-14-8-9-17-22-18(25)13-20(26)27-24(22)29-23(17)21(14)19-12-16(10-11-28(19)2)15-6-4-3-5-7-15;1-15-8-9-18-19-10-11-21(25)26-24(19)28-23(18)22(15)20-14-17(12-13-27(20)2)16-6-4-3-5-7-16/h4-14H,1-3H3;2*3-13H,1-2H3;3-14H,1-2H3/q4*+1. The molecule has 0 aliphatic carbocycles. The molecule has 0 amide bonds. The van der Waals surface area contributed by atoms with Gasteiger partial charge in [0.2, 0.25) is 69.4 Å². The number of hydrogen-bond acceptors (Lipinski definition) is 8. The maximum absolute atomic E-state index is 14.9. The van der Waals surface area contributed by atoms with Crippen LogP contribution in [0.1, 0.15) is 27.8 Å². The van der Waals surface area contributed by atoms with E-state index in [9.17, 15) is 26.3 Å². The highest BCUT2D eigenvalue weighted by atomic mass is 19.2. The lowest BCUT2D eigenvalue weighted by atomic mass is 9.98. The molecule has 20 rings (SSSR count). The van der Waals surface area contributed by atoms with Gasteiger partial charge in [-0.2, -0.15) is 37.5 Å². The third-order valence-corrected chi connectivity index (χ3v) is 21.2. The Morgan fingerprint density at radius 3 is 0.965 bits per heavy atom. The molecular formula is C97H72F6N8O4+4. The van der Waals surface area contributed by atoms with E-state index in [0.29, 0.717) is 38.8 Å². The van der Waals surface area contributed by atoms with Crippen LogP contribution < -0.4 is 18.3 Å². The summed E-state index contributed by atoms with van der Waals surface area (Å²) >= 11 is 0. The zero-order valence-corrected chi connectivity index (χ0v) is 64.0. The number of halogens is 6. The summed E-state index contributed by atoms with van der Waals surface area (Å²) in [6, 6.07) is 78.7. The fraction of sp³-hybridized carbons (Fsp3) is 0.0928. The number of fused-ring (bicyclic) bond motifs is 12. The van der Waals surface area contributed by atoms with Crippen LogP contribution in [-0.2, 0) is 28.2 Å². The van der Waals surface area contributed by atoms with Crippen molar-refractivity contribution in [3.63, 3.8) is 0 Å². The van der Waals surface area contributed by atoms with Crippen molar-refractivity contribution in [1.29, 1.82) is 0 Å². The van der Waals surface area contributed by atoms with Crippen molar-refractivity contribution in [2.45, 2.75) is 34.6 Å². The Bertz CT molecular complexity index is 7230. The van der Waals surface area contributed by atoms with Crippen LogP contribution in [0, 0.1) is 70.0 Å². The molecule has 115 heavy (non-hydrogen) atoms. The molecule has 0 unspecified atom stereocenters. The quantitative estimate of drug-likeness (QED) is 0.0838. The molecule has 0 radical (unpaired) electrons. The van der Waals surface area contributed by atoms with Gasteiger partial charge in [0.1, 0.15) is 39.8 Å². The summed E-state index contributed by atoms with van der Waals surface area (Å²) in [5.74, 6) is -3.72. The zero-order chi connectivity index (χ0) is 79.6. The molecule has 562 valence electrons. The summed E-state index contributed by atoms with van der Waals surface area (Å²) in [5, 5.41) is 5.07. The highest BCUT2D eigenvalue weighted by molar-refractivity contribution is 6.12. The summed E-state index contributed by atoms with van der Waals surface area (Å²) in [6.45, 7) is 10.0. The number of nitrogens with zero attached hydrogens (tertiary/aromatic N) is 8. The van der Waals surface area contributed by atoms with E-state index in [-0.39, 0.29) is 16.8 Å². The van der Waals surface area contributed by atoms with Gasteiger partial charge in [-0.15, -0.1) is 0 Å². The lowest BCUT2D eigenvalue weighted by Gasteiger charge is -2.08. The van der Waals surface area contributed by atoms with Crippen molar-refractivity contribution in [3.05, 3.63) is 337 Å². The summed E-state index contributed by atoms with van der Waals surface area (Å²) in [7, 11) is 7.92. The van der Waals surface area contributed by atoms with Gasteiger partial charge < -0.3 is 17.7 Å². The minimum atomic E-state index is -0.899. The smallest absolute Gasteiger partial charge is 0.232 e. The minimum Gasteiger partial charge on any atom is -0.437 e. The zero-order valence-electron chi connectivity index (χ0n) is 64.0. The Balaban J connectivity index is 0.000000111. The third kappa shape index (κ3) is 13.9. The van der Waals surface area contributed by atoms with Crippen molar-refractivity contribution < 1.29 is 62.3 Å². The van der Waals surface area contributed by atoms with E-state index in [1.165, 1.54) is 35.9 Å². The van der Waals surface area contributed by atoms with E-state index in [1.54, 1.807) is 18.2 Å². The number of benzene rings is 8. The average molecular weight is 1530 g/mol. The Hall–Kier alpha value is -14.3. The maximum atomic E-state index is 14.9. The largest absolute Gasteiger partial charge is 0.437 e. The molecule has 0 saturated heterocycles. The third-order valence-electron chi connectivity index (χ3n) is 21.2. The molecule has 8 aromatic carbocycles. The molecule has 0 spiro atoms. The lowest BCUT2D eigenvalue weighted by molar-refractivity contribution is -0.660. The number of hydrogen-bond donors (Lipinski definition) is 0. The van der Waals surface area contributed by atoms with Crippen LogP contribution in [0.3, 0.4) is 0 Å². The monoisotopic (exact) mass is 1530 g/mol. The fourth-order valence-electron chi connectivity index (χ4n) is 15.2. The SMILES string of the molecule is Cc1cc(F)c2c(oc3nc(F)ccc32)c1-c1cc(-c2ccccc2)cc[n+]1C.Cc1ccc(-c2cc[n+](C)c(-c3c(C)ccc4c3oc3nc(F)ccc34)c2)cc1.Cc1ccc2c(oc3nc(F)cc(F)c32)c1-c1cc(-c2ccccc2)cc[n+]1C.Cc1ccc2c(oc3nc(F)ccc32)c1-c1cc(-c2ccccc2)cc[n+]1C. The van der Waals surface area contributed by atoms with Gasteiger partial charge in [0.15, 0.2) is 47.1 Å². The van der Waals surface area contributed by atoms with E-state index in [1.807, 2.05) is 161 Å². The van der Waals surface area contributed by atoms with Crippen molar-refractivity contribution in [2.75, 3.05) is 0 Å². The van der Waals surface area contributed by atoms with Gasteiger partial charge in [-0.05, 0) is 144 Å². The fourth-order valence-corrected chi connectivity index (χ4v) is 15.2. The van der Waals surface area contributed by atoms with Crippen LogP contribution in [0.15, 0.2) is 291 Å². The van der Waals surface area contributed by atoms with Gasteiger partial charge in [-0.25, -0.2) is 27.0 Å². The lowest BCUT2D eigenvalue weighted by Crippen LogP contribution is -2.30. The van der Waals surface area contributed by atoms with Crippen molar-refractivity contribution >= 4 is 88.3 Å². The summed E-state index contributed by atoms with van der Waals surface area (Å²) < 4.78 is 116. The van der Waals surface area contributed by atoms with Gasteiger partial charge in [-0.3, -0.25) is 0 Å². The first-order valence-electron chi connectivity index (χ1n) is 37.2. The molecule has 12 aromatic heterocycles. The molecule has 0 aliphatic heterocycles. The van der Waals surface area contributed by atoms with Gasteiger partial charge >= 0.3 is 0 Å². The molecular weight excluding hydrogens is 1460 g/mol. The van der Waals surface area contributed by atoms with E-state index < -0.39 is 35.4 Å². The van der Waals surface area contributed by atoms with Crippen LogP contribution >= 0.6 is 0 Å². The van der Waals surface area contributed by atoms with Crippen LogP contribution in [0.2, 0.25) is 0 Å². The second kappa shape index (κ2) is 30.1. The van der Waals surface area contributed by atoms with Gasteiger partial charge in [0.05, 0.1) is 38.4 Å². The number of aryl methyl sites for hydroxylation is 9. The molecule has 0 saturated carbocycles. The first-order valence-corrected chi connectivity index (χ1v) is 37.2. The number of rotatable bonds is 8. The van der Waals surface area contributed by atoms with Gasteiger partial charge in [-0.1, -0.05) is 157 Å².